The van der Waals surface area contributed by atoms with E-state index in [4.69, 9.17) is 4.74 Å². The Bertz CT molecular complexity index is 329. The molecule has 0 aromatic carbocycles. The Balaban J connectivity index is 0.00000144. The Morgan fingerprint density at radius 2 is 2.18 bits per heavy atom. The Kier molecular flexibility index (Phi) is 6.22. The second-order valence-electron chi connectivity index (χ2n) is 4.31. The van der Waals surface area contributed by atoms with Gasteiger partial charge in [0.2, 0.25) is 0 Å². The van der Waals surface area contributed by atoms with Gasteiger partial charge in [0, 0.05) is 11.9 Å². The van der Waals surface area contributed by atoms with Crippen LogP contribution in [0.2, 0.25) is 0 Å². The fourth-order valence-corrected chi connectivity index (χ4v) is 1.98. The lowest BCUT2D eigenvalue weighted by Gasteiger charge is -2.22. The summed E-state index contributed by atoms with van der Waals surface area (Å²) in [4.78, 5) is 8.29. The van der Waals surface area contributed by atoms with Gasteiger partial charge in [0.05, 0.1) is 6.61 Å². The van der Waals surface area contributed by atoms with Gasteiger partial charge in [0.15, 0.2) is 0 Å². The molecule has 0 saturated carbocycles. The standard InChI is InChI=1S/C12H19N3O.ClH/c1-10-2-8-14-12(15-10)16-9-5-11-3-6-13-7-4-11;/h2,8,11,13H,3-7,9H2,1H3;1H. The van der Waals surface area contributed by atoms with Crippen molar-refractivity contribution in [2.24, 2.45) is 5.92 Å². The van der Waals surface area contributed by atoms with Crippen LogP contribution in [-0.4, -0.2) is 29.7 Å². The molecule has 1 aromatic rings. The Morgan fingerprint density at radius 3 is 2.88 bits per heavy atom. The fourth-order valence-electron chi connectivity index (χ4n) is 1.98. The van der Waals surface area contributed by atoms with Gasteiger partial charge in [-0.05, 0) is 51.3 Å². The first kappa shape index (κ1) is 14.2. The summed E-state index contributed by atoms with van der Waals surface area (Å²) >= 11 is 0. The second kappa shape index (κ2) is 7.45. The summed E-state index contributed by atoms with van der Waals surface area (Å²) in [6, 6.07) is 2.38. The molecule has 1 fully saturated rings. The van der Waals surface area contributed by atoms with Gasteiger partial charge in [-0.2, -0.15) is 0 Å². The average molecular weight is 258 g/mol. The molecule has 0 bridgehead atoms. The summed E-state index contributed by atoms with van der Waals surface area (Å²) in [5.74, 6) is 0.797. The number of aryl methyl sites for hydroxylation is 1. The van der Waals surface area contributed by atoms with Crippen LogP contribution in [-0.2, 0) is 0 Å². The lowest BCUT2D eigenvalue weighted by molar-refractivity contribution is 0.237. The molecule has 4 nitrogen and oxygen atoms in total. The predicted molar refractivity (Wildman–Crippen MR) is 69.7 cm³/mol. The van der Waals surface area contributed by atoms with Crippen LogP contribution in [0, 0.1) is 12.8 Å². The van der Waals surface area contributed by atoms with Crippen molar-refractivity contribution in [1.82, 2.24) is 15.3 Å². The van der Waals surface area contributed by atoms with E-state index >= 15 is 0 Å². The SMILES string of the molecule is Cc1ccnc(OCCC2CCNCC2)n1.Cl. The van der Waals surface area contributed by atoms with Gasteiger partial charge in [0.25, 0.3) is 0 Å². The van der Waals surface area contributed by atoms with E-state index in [-0.39, 0.29) is 12.4 Å². The zero-order valence-corrected chi connectivity index (χ0v) is 11.0. The molecule has 1 saturated heterocycles. The van der Waals surface area contributed by atoms with Crippen LogP contribution in [0.5, 0.6) is 6.01 Å². The number of hydrogen-bond acceptors (Lipinski definition) is 4. The molecular formula is C12H20ClN3O. The van der Waals surface area contributed by atoms with Crippen molar-refractivity contribution in [2.75, 3.05) is 19.7 Å². The molecule has 5 heteroatoms. The van der Waals surface area contributed by atoms with Crippen molar-refractivity contribution in [3.05, 3.63) is 18.0 Å². The molecule has 1 aliphatic heterocycles. The zero-order valence-electron chi connectivity index (χ0n) is 10.2. The first-order valence-electron chi connectivity index (χ1n) is 5.98. The summed E-state index contributed by atoms with van der Waals surface area (Å²) in [5, 5.41) is 3.36. The molecule has 17 heavy (non-hydrogen) atoms. The number of ether oxygens (including phenoxy) is 1. The highest BCUT2D eigenvalue weighted by Crippen LogP contribution is 2.15. The Morgan fingerprint density at radius 1 is 1.41 bits per heavy atom. The Hall–Kier alpha value is -0.870. The third-order valence-electron chi connectivity index (χ3n) is 2.99. The normalized spacial score (nSPS) is 16.3. The molecule has 0 aliphatic carbocycles. The molecule has 2 heterocycles. The number of hydrogen-bond donors (Lipinski definition) is 1. The van der Waals surface area contributed by atoms with E-state index < -0.39 is 0 Å². The smallest absolute Gasteiger partial charge is 0.316 e. The molecule has 1 N–H and O–H groups in total. The van der Waals surface area contributed by atoms with Gasteiger partial charge >= 0.3 is 6.01 Å². The molecule has 0 spiro atoms. The summed E-state index contributed by atoms with van der Waals surface area (Å²) in [6.45, 7) is 4.96. The summed E-state index contributed by atoms with van der Waals surface area (Å²) in [6.07, 6.45) is 5.37. The number of piperidine rings is 1. The first-order chi connectivity index (χ1) is 7.84. The lowest BCUT2D eigenvalue weighted by Crippen LogP contribution is -2.28. The number of rotatable bonds is 4. The maximum atomic E-state index is 5.55. The highest BCUT2D eigenvalue weighted by molar-refractivity contribution is 5.85. The van der Waals surface area contributed by atoms with Crippen molar-refractivity contribution >= 4 is 12.4 Å². The zero-order chi connectivity index (χ0) is 11.2. The Labute approximate surface area is 109 Å². The molecular weight excluding hydrogens is 238 g/mol. The predicted octanol–water partition coefficient (Wildman–Crippen LogP) is 1.98. The van der Waals surface area contributed by atoms with Crippen LogP contribution in [0.3, 0.4) is 0 Å². The highest BCUT2D eigenvalue weighted by Gasteiger charge is 2.12. The third-order valence-corrected chi connectivity index (χ3v) is 2.99. The van der Waals surface area contributed by atoms with E-state index in [2.05, 4.69) is 15.3 Å². The van der Waals surface area contributed by atoms with Gasteiger partial charge in [-0.1, -0.05) is 0 Å². The molecule has 1 aliphatic rings. The van der Waals surface area contributed by atoms with Crippen molar-refractivity contribution in [1.29, 1.82) is 0 Å². The quantitative estimate of drug-likeness (QED) is 0.896. The van der Waals surface area contributed by atoms with Crippen LogP contribution in [0.4, 0.5) is 0 Å². The molecule has 0 radical (unpaired) electrons. The van der Waals surface area contributed by atoms with Crippen molar-refractivity contribution < 1.29 is 4.74 Å². The fraction of sp³-hybridized carbons (Fsp3) is 0.667. The van der Waals surface area contributed by atoms with E-state index in [9.17, 15) is 0 Å². The topological polar surface area (TPSA) is 47.0 Å². The van der Waals surface area contributed by atoms with Crippen LogP contribution in [0.1, 0.15) is 25.0 Å². The van der Waals surface area contributed by atoms with E-state index in [1.54, 1.807) is 6.20 Å². The van der Waals surface area contributed by atoms with Gasteiger partial charge in [-0.25, -0.2) is 9.97 Å². The largest absolute Gasteiger partial charge is 0.463 e. The van der Waals surface area contributed by atoms with Crippen LogP contribution in [0.15, 0.2) is 12.3 Å². The monoisotopic (exact) mass is 257 g/mol. The number of nitrogens with one attached hydrogen (secondary N) is 1. The molecule has 2 rings (SSSR count). The maximum absolute atomic E-state index is 5.55. The van der Waals surface area contributed by atoms with Crippen molar-refractivity contribution in [2.45, 2.75) is 26.2 Å². The summed E-state index contributed by atoms with van der Waals surface area (Å²) < 4.78 is 5.55. The molecule has 0 unspecified atom stereocenters. The highest BCUT2D eigenvalue weighted by atomic mass is 35.5. The van der Waals surface area contributed by atoms with Crippen molar-refractivity contribution in [3.63, 3.8) is 0 Å². The lowest BCUT2D eigenvalue weighted by atomic mass is 9.95. The van der Waals surface area contributed by atoms with Crippen LogP contribution >= 0.6 is 12.4 Å². The van der Waals surface area contributed by atoms with Gasteiger partial charge in [-0.15, -0.1) is 12.4 Å². The number of nitrogens with zero attached hydrogens (tertiary/aromatic N) is 2. The van der Waals surface area contributed by atoms with E-state index in [1.807, 2.05) is 13.0 Å². The average Bonchev–Trinajstić information content (AvgIpc) is 2.30. The van der Waals surface area contributed by atoms with E-state index in [0.717, 1.165) is 37.7 Å². The van der Waals surface area contributed by atoms with E-state index in [0.29, 0.717) is 6.01 Å². The summed E-state index contributed by atoms with van der Waals surface area (Å²) in [5.41, 5.74) is 0.951. The second-order valence-corrected chi connectivity index (χ2v) is 4.31. The minimum atomic E-state index is 0. The van der Waals surface area contributed by atoms with Crippen LogP contribution < -0.4 is 10.1 Å². The minimum absolute atomic E-state index is 0. The summed E-state index contributed by atoms with van der Waals surface area (Å²) in [7, 11) is 0. The van der Waals surface area contributed by atoms with Gasteiger partial charge in [-0.3, -0.25) is 0 Å². The first-order valence-corrected chi connectivity index (χ1v) is 5.98. The molecule has 0 amide bonds. The van der Waals surface area contributed by atoms with Crippen molar-refractivity contribution in [3.8, 4) is 6.01 Å². The number of halogens is 1. The third kappa shape index (κ3) is 4.88. The molecule has 0 atom stereocenters. The van der Waals surface area contributed by atoms with Gasteiger partial charge in [0.1, 0.15) is 0 Å². The minimum Gasteiger partial charge on any atom is -0.463 e. The van der Waals surface area contributed by atoms with Crippen LogP contribution in [0.25, 0.3) is 0 Å². The maximum Gasteiger partial charge on any atom is 0.316 e. The van der Waals surface area contributed by atoms with Gasteiger partial charge < -0.3 is 10.1 Å². The van der Waals surface area contributed by atoms with E-state index in [1.165, 1.54) is 12.8 Å². The molecule has 1 aromatic heterocycles. The number of aromatic nitrogens is 2. The molecule has 96 valence electrons.